The molecule has 0 bridgehead atoms. The molecule has 1 atom stereocenters. The van der Waals surface area contributed by atoms with Crippen LogP contribution in [-0.4, -0.2) is 63.1 Å². The fraction of sp³-hybridized carbons (Fsp3) is 0.500. The second-order valence-electron chi connectivity index (χ2n) is 8.54. The van der Waals surface area contributed by atoms with E-state index in [4.69, 9.17) is 19.0 Å². The van der Waals surface area contributed by atoms with Crippen LogP contribution in [0.3, 0.4) is 0 Å². The maximum atomic E-state index is 13.1. The van der Waals surface area contributed by atoms with Gasteiger partial charge in [-0.3, -0.25) is 4.79 Å². The van der Waals surface area contributed by atoms with Gasteiger partial charge in [0.25, 0.3) is 5.91 Å². The molecule has 1 N–H and O–H groups in total. The smallest absolute Gasteiger partial charge is 0.285 e. The molecule has 1 aliphatic heterocycles. The molecule has 186 valence electrons. The van der Waals surface area contributed by atoms with Crippen molar-refractivity contribution in [2.45, 2.75) is 44.2 Å². The Hall–Kier alpha value is -2.32. The minimum atomic E-state index is -0.509. The summed E-state index contributed by atoms with van der Waals surface area (Å²) >= 11 is 0. The minimum absolute atomic E-state index is 0. The maximum Gasteiger partial charge on any atom is 0.285 e. The van der Waals surface area contributed by atoms with Gasteiger partial charge in [0, 0.05) is 39.3 Å². The van der Waals surface area contributed by atoms with Crippen molar-refractivity contribution in [2.75, 3.05) is 40.0 Å². The minimum Gasteiger partial charge on any atom is -0.493 e. The van der Waals surface area contributed by atoms with E-state index in [1.54, 1.807) is 7.11 Å². The lowest BCUT2D eigenvalue weighted by Gasteiger charge is -2.29. The van der Waals surface area contributed by atoms with Crippen molar-refractivity contribution < 1.29 is 23.8 Å². The number of benzene rings is 2. The first-order valence-corrected chi connectivity index (χ1v) is 11.9. The van der Waals surface area contributed by atoms with Gasteiger partial charge >= 0.3 is 0 Å². The SMILES string of the molecule is COCCCOc1cc(CCc2ccccc2)cc(ON(C(=O)[C@H]2CNCCO2)C2CC2)c1.Cl. The molecule has 2 fully saturated rings. The number of carbonyl (C=O) groups is 1. The van der Waals surface area contributed by atoms with Crippen LogP contribution in [0.4, 0.5) is 0 Å². The molecule has 1 amide bonds. The quantitative estimate of drug-likeness (QED) is 0.362. The van der Waals surface area contributed by atoms with Gasteiger partial charge in [-0.15, -0.1) is 12.4 Å². The molecule has 0 radical (unpaired) electrons. The van der Waals surface area contributed by atoms with E-state index in [1.807, 2.05) is 18.2 Å². The molecule has 0 aromatic heterocycles. The highest BCUT2D eigenvalue weighted by atomic mass is 35.5. The molecular formula is C26H35ClN2O5. The second-order valence-corrected chi connectivity index (χ2v) is 8.54. The van der Waals surface area contributed by atoms with E-state index in [0.29, 0.717) is 32.1 Å². The summed E-state index contributed by atoms with van der Waals surface area (Å²) in [4.78, 5) is 19.3. The Bertz CT molecular complexity index is 888. The van der Waals surface area contributed by atoms with Crippen molar-refractivity contribution >= 4 is 18.3 Å². The molecule has 4 rings (SSSR count). The van der Waals surface area contributed by atoms with Crippen LogP contribution in [0.5, 0.6) is 11.5 Å². The van der Waals surface area contributed by atoms with E-state index < -0.39 is 6.10 Å². The van der Waals surface area contributed by atoms with E-state index in [1.165, 1.54) is 10.6 Å². The van der Waals surface area contributed by atoms with E-state index >= 15 is 0 Å². The Kier molecular flexibility index (Phi) is 10.5. The molecule has 2 aromatic carbocycles. The third kappa shape index (κ3) is 7.87. The van der Waals surface area contributed by atoms with Crippen LogP contribution in [0.2, 0.25) is 0 Å². The Balaban J connectivity index is 0.00000324. The number of methoxy groups -OCH3 is 1. The van der Waals surface area contributed by atoms with Gasteiger partial charge < -0.3 is 24.4 Å². The van der Waals surface area contributed by atoms with Crippen molar-refractivity contribution in [1.29, 1.82) is 0 Å². The van der Waals surface area contributed by atoms with E-state index in [0.717, 1.165) is 50.0 Å². The molecule has 1 aliphatic carbocycles. The third-order valence-electron chi connectivity index (χ3n) is 5.75. The largest absolute Gasteiger partial charge is 0.493 e. The predicted octanol–water partition coefficient (Wildman–Crippen LogP) is 3.58. The van der Waals surface area contributed by atoms with Crippen molar-refractivity contribution in [2.24, 2.45) is 0 Å². The third-order valence-corrected chi connectivity index (χ3v) is 5.75. The van der Waals surface area contributed by atoms with Crippen molar-refractivity contribution in [3.63, 3.8) is 0 Å². The zero-order valence-electron chi connectivity index (χ0n) is 19.7. The van der Waals surface area contributed by atoms with E-state index in [9.17, 15) is 4.79 Å². The van der Waals surface area contributed by atoms with Crippen LogP contribution in [0.25, 0.3) is 0 Å². The first kappa shape index (κ1) is 26.3. The number of hydrogen-bond donors (Lipinski definition) is 1. The number of ether oxygens (including phenoxy) is 3. The van der Waals surface area contributed by atoms with Crippen LogP contribution < -0.4 is 14.9 Å². The fourth-order valence-electron chi connectivity index (χ4n) is 3.83. The number of rotatable bonds is 12. The number of carbonyl (C=O) groups excluding carboxylic acids is 1. The molecule has 34 heavy (non-hydrogen) atoms. The predicted molar refractivity (Wildman–Crippen MR) is 133 cm³/mol. The lowest BCUT2D eigenvalue weighted by Crippen LogP contribution is -2.51. The maximum absolute atomic E-state index is 13.1. The zero-order chi connectivity index (χ0) is 22.9. The van der Waals surface area contributed by atoms with E-state index in [-0.39, 0.29) is 24.4 Å². The Morgan fingerprint density at radius 2 is 1.82 bits per heavy atom. The summed E-state index contributed by atoms with van der Waals surface area (Å²) in [7, 11) is 1.69. The highest BCUT2D eigenvalue weighted by Crippen LogP contribution is 2.31. The number of hydroxylamine groups is 2. The number of hydrogen-bond acceptors (Lipinski definition) is 6. The molecule has 7 nitrogen and oxygen atoms in total. The van der Waals surface area contributed by atoms with Gasteiger partial charge in [-0.25, -0.2) is 0 Å². The number of halogens is 1. The molecule has 2 aliphatic rings. The van der Waals surface area contributed by atoms with Gasteiger partial charge in [-0.05, 0) is 48.9 Å². The first-order chi connectivity index (χ1) is 16.2. The van der Waals surface area contributed by atoms with Crippen LogP contribution in [-0.2, 0) is 27.1 Å². The topological polar surface area (TPSA) is 69.3 Å². The Morgan fingerprint density at radius 1 is 1.06 bits per heavy atom. The highest BCUT2D eigenvalue weighted by Gasteiger charge is 2.39. The number of nitrogens with one attached hydrogen (secondary N) is 1. The summed E-state index contributed by atoms with van der Waals surface area (Å²) in [6, 6.07) is 16.4. The lowest BCUT2D eigenvalue weighted by molar-refractivity contribution is -0.173. The number of morpholine rings is 1. The van der Waals surface area contributed by atoms with Gasteiger partial charge in [0.05, 0.1) is 19.3 Å². The van der Waals surface area contributed by atoms with Gasteiger partial charge in [0.2, 0.25) is 0 Å². The van der Waals surface area contributed by atoms with Gasteiger partial charge in [-0.2, -0.15) is 5.06 Å². The van der Waals surface area contributed by atoms with Gasteiger partial charge in [0.15, 0.2) is 11.9 Å². The van der Waals surface area contributed by atoms with Crippen LogP contribution in [0, 0.1) is 0 Å². The van der Waals surface area contributed by atoms with Gasteiger partial charge in [0.1, 0.15) is 5.75 Å². The summed E-state index contributed by atoms with van der Waals surface area (Å²) in [5, 5.41) is 4.74. The van der Waals surface area contributed by atoms with Crippen molar-refractivity contribution in [1.82, 2.24) is 10.4 Å². The number of aryl methyl sites for hydroxylation is 2. The summed E-state index contributed by atoms with van der Waals surface area (Å²) in [5.41, 5.74) is 2.39. The van der Waals surface area contributed by atoms with Crippen LogP contribution in [0.1, 0.15) is 30.4 Å². The van der Waals surface area contributed by atoms with E-state index in [2.05, 4.69) is 35.6 Å². The molecule has 0 unspecified atom stereocenters. The Labute approximate surface area is 208 Å². The average molecular weight is 491 g/mol. The van der Waals surface area contributed by atoms with Gasteiger partial charge in [-0.1, -0.05) is 30.3 Å². The summed E-state index contributed by atoms with van der Waals surface area (Å²) in [6.07, 6.45) is 3.95. The highest BCUT2D eigenvalue weighted by molar-refractivity contribution is 5.85. The second kappa shape index (κ2) is 13.5. The molecule has 2 aromatic rings. The van der Waals surface area contributed by atoms with Crippen LogP contribution in [0.15, 0.2) is 48.5 Å². The molecular weight excluding hydrogens is 456 g/mol. The first-order valence-electron chi connectivity index (χ1n) is 11.9. The van der Waals surface area contributed by atoms with Crippen molar-refractivity contribution in [3.8, 4) is 11.5 Å². The fourth-order valence-corrected chi connectivity index (χ4v) is 3.83. The normalized spacial score (nSPS) is 17.5. The molecule has 8 heteroatoms. The standard InChI is InChI=1S/C26H34N2O5.ClH/c1-30-13-5-14-31-23-16-21(9-8-20-6-3-2-4-7-20)17-24(18-23)33-28(22-10-11-22)26(29)25-19-27-12-15-32-25;/h2-4,6-7,16-18,22,25,27H,5,8-15,19H2,1H3;1H/t25-;/m1./s1. The Morgan fingerprint density at radius 3 is 2.53 bits per heavy atom. The zero-order valence-corrected chi connectivity index (χ0v) is 20.6. The molecule has 1 heterocycles. The lowest BCUT2D eigenvalue weighted by atomic mass is 10.0. The van der Waals surface area contributed by atoms with Crippen LogP contribution >= 0.6 is 12.4 Å². The average Bonchev–Trinajstić information content (AvgIpc) is 3.70. The molecule has 1 saturated heterocycles. The molecule has 0 spiro atoms. The summed E-state index contributed by atoms with van der Waals surface area (Å²) in [6.45, 7) is 3.01. The summed E-state index contributed by atoms with van der Waals surface area (Å²) < 4.78 is 16.8. The van der Waals surface area contributed by atoms with Crippen molar-refractivity contribution in [3.05, 3.63) is 59.7 Å². The summed E-state index contributed by atoms with van der Waals surface area (Å²) in [5.74, 6) is 1.23. The monoisotopic (exact) mass is 490 g/mol. The molecule has 1 saturated carbocycles. The number of nitrogens with zero attached hydrogens (tertiary/aromatic N) is 1. The number of amides is 1.